The summed E-state index contributed by atoms with van der Waals surface area (Å²) in [4.78, 5) is 12.5. The molecule has 0 aromatic heterocycles. The van der Waals surface area contributed by atoms with E-state index in [1.165, 1.54) is 11.8 Å². The van der Waals surface area contributed by atoms with E-state index in [1.54, 1.807) is 6.08 Å². The van der Waals surface area contributed by atoms with Gasteiger partial charge in [0.1, 0.15) is 6.29 Å². The Bertz CT molecular complexity index is 446. The molecule has 0 bridgehead atoms. The molecule has 3 nitrogen and oxygen atoms in total. The van der Waals surface area contributed by atoms with Gasteiger partial charge in [-0.05, 0) is 17.7 Å². The van der Waals surface area contributed by atoms with Gasteiger partial charge in [-0.3, -0.25) is 4.79 Å². The zero-order valence-electron chi connectivity index (χ0n) is 10.3. The maximum atomic E-state index is 10.2. The van der Waals surface area contributed by atoms with Gasteiger partial charge in [0, 0.05) is 18.8 Å². The molecule has 0 saturated carbocycles. The van der Waals surface area contributed by atoms with Crippen molar-refractivity contribution < 1.29 is 9.53 Å². The van der Waals surface area contributed by atoms with Crippen molar-refractivity contribution in [3.05, 3.63) is 48.1 Å². The molecule has 3 heteroatoms. The van der Waals surface area contributed by atoms with Gasteiger partial charge in [0.2, 0.25) is 0 Å². The fourth-order valence-corrected chi connectivity index (χ4v) is 1.99. The Balaban J connectivity index is 2.16. The van der Waals surface area contributed by atoms with Gasteiger partial charge >= 0.3 is 0 Å². The first-order valence-electron chi connectivity index (χ1n) is 6.12. The van der Waals surface area contributed by atoms with Crippen LogP contribution in [0.4, 0.5) is 5.69 Å². The Labute approximate surface area is 107 Å². The maximum absolute atomic E-state index is 10.2. The summed E-state index contributed by atoms with van der Waals surface area (Å²) in [6, 6.07) is 8.26. The van der Waals surface area contributed by atoms with Crippen LogP contribution in [0.3, 0.4) is 0 Å². The number of benzene rings is 1. The smallest absolute Gasteiger partial charge is 0.142 e. The molecule has 18 heavy (non-hydrogen) atoms. The van der Waals surface area contributed by atoms with Crippen molar-refractivity contribution in [1.82, 2.24) is 0 Å². The first-order chi connectivity index (χ1) is 8.92. The number of ether oxygens (including phenoxy) is 1. The van der Waals surface area contributed by atoms with E-state index in [4.69, 9.17) is 4.74 Å². The molecule has 1 aromatic carbocycles. The van der Waals surface area contributed by atoms with Crippen LogP contribution in [-0.2, 0) is 9.53 Å². The highest BCUT2D eigenvalue weighted by molar-refractivity contribution is 5.70. The number of morpholine rings is 1. The molecule has 1 fully saturated rings. The topological polar surface area (TPSA) is 29.5 Å². The SMILES string of the molecule is O=C/C=C/C=C/c1ccccc1N1CCOCC1. The largest absolute Gasteiger partial charge is 0.378 e. The van der Waals surface area contributed by atoms with Gasteiger partial charge in [0.15, 0.2) is 0 Å². The summed E-state index contributed by atoms with van der Waals surface area (Å²) >= 11 is 0. The lowest BCUT2D eigenvalue weighted by Crippen LogP contribution is -2.36. The fourth-order valence-electron chi connectivity index (χ4n) is 1.99. The van der Waals surface area contributed by atoms with Crippen molar-refractivity contribution >= 4 is 18.0 Å². The Morgan fingerprint density at radius 1 is 1.06 bits per heavy atom. The third-order valence-corrected chi connectivity index (χ3v) is 2.87. The van der Waals surface area contributed by atoms with Gasteiger partial charge in [0.25, 0.3) is 0 Å². The fraction of sp³-hybridized carbons (Fsp3) is 0.267. The van der Waals surface area contributed by atoms with E-state index < -0.39 is 0 Å². The van der Waals surface area contributed by atoms with Crippen molar-refractivity contribution in [3.63, 3.8) is 0 Å². The summed E-state index contributed by atoms with van der Waals surface area (Å²) in [5, 5.41) is 0. The number of anilines is 1. The van der Waals surface area contributed by atoms with E-state index in [1.807, 2.05) is 24.3 Å². The monoisotopic (exact) mass is 243 g/mol. The van der Waals surface area contributed by atoms with Crippen molar-refractivity contribution in [3.8, 4) is 0 Å². The van der Waals surface area contributed by atoms with Crippen LogP contribution in [0.15, 0.2) is 42.5 Å². The number of rotatable bonds is 4. The zero-order valence-corrected chi connectivity index (χ0v) is 10.3. The molecule has 0 N–H and O–H groups in total. The minimum Gasteiger partial charge on any atom is -0.378 e. The molecule has 1 aromatic rings. The summed E-state index contributed by atoms with van der Waals surface area (Å²) in [5.41, 5.74) is 2.38. The van der Waals surface area contributed by atoms with E-state index in [0.717, 1.165) is 38.2 Å². The number of hydrogen-bond donors (Lipinski definition) is 0. The second kappa shape index (κ2) is 6.77. The third-order valence-electron chi connectivity index (χ3n) is 2.87. The predicted octanol–water partition coefficient (Wildman–Crippen LogP) is 2.29. The summed E-state index contributed by atoms with van der Waals surface area (Å²) in [7, 11) is 0. The van der Waals surface area contributed by atoms with E-state index in [2.05, 4.69) is 17.0 Å². The molecule has 2 rings (SSSR count). The third kappa shape index (κ3) is 3.31. The van der Waals surface area contributed by atoms with Crippen LogP contribution in [0.2, 0.25) is 0 Å². The summed E-state index contributed by atoms with van der Waals surface area (Å²) in [6.45, 7) is 3.41. The average molecular weight is 243 g/mol. The number of aldehydes is 1. The highest BCUT2D eigenvalue weighted by atomic mass is 16.5. The van der Waals surface area contributed by atoms with E-state index >= 15 is 0 Å². The first-order valence-corrected chi connectivity index (χ1v) is 6.12. The molecule has 0 radical (unpaired) electrons. The van der Waals surface area contributed by atoms with Crippen LogP contribution in [0.1, 0.15) is 5.56 Å². The number of para-hydroxylation sites is 1. The van der Waals surface area contributed by atoms with Gasteiger partial charge in [-0.1, -0.05) is 36.4 Å². The molecule has 0 amide bonds. The Morgan fingerprint density at radius 3 is 2.61 bits per heavy atom. The number of carbonyl (C=O) groups excluding carboxylic acids is 1. The van der Waals surface area contributed by atoms with E-state index in [9.17, 15) is 4.79 Å². The average Bonchev–Trinajstić information content (AvgIpc) is 2.45. The predicted molar refractivity (Wildman–Crippen MR) is 73.7 cm³/mol. The Morgan fingerprint density at radius 2 is 1.83 bits per heavy atom. The van der Waals surface area contributed by atoms with Crippen LogP contribution in [0.25, 0.3) is 6.08 Å². The normalized spacial score (nSPS) is 16.6. The molecule has 1 aliphatic heterocycles. The summed E-state index contributed by atoms with van der Waals surface area (Å²) < 4.78 is 5.36. The number of allylic oxidation sites excluding steroid dienone is 3. The highest BCUT2D eigenvalue weighted by Crippen LogP contribution is 2.22. The molecule has 0 unspecified atom stereocenters. The second-order valence-electron chi connectivity index (χ2n) is 4.04. The standard InChI is InChI=1S/C15H17NO2/c17-11-5-1-2-6-14-7-3-4-8-15(14)16-9-12-18-13-10-16/h1-8,11H,9-10,12-13H2/b5-1+,6-2+. The molecule has 1 aliphatic rings. The second-order valence-corrected chi connectivity index (χ2v) is 4.04. The van der Waals surface area contributed by atoms with Crippen molar-refractivity contribution in [2.45, 2.75) is 0 Å². The van der Waals surface area contributed by atoms with Crippen LogP contribution in [0.5, 0.6) is 0 Å². The minimum absolute atomic E-state index is 0.776. The molecular formula is C15H17NO2. The van der Waals surface area contributed by atoms with Crippen molar-refractivity contribution in [2.75, 3.05) is 31.2 Å². The quantitative estimate of drug-likeness (QED) is 0.461. The van der Waals surface area contributed by atoms with Gasteiger partial charge in [0.05, 0.1) is 13.2 Å². The van der Waals surface area contributed by atoms with E-state index in [0.29, 0.717) is 0 Å². The Hall–Kier alpha value is -1.87. The molecule has 1 saturated heterocycles. The van der Waals surface area contributed by atoms with Crippen LogP contribution >= 0.6 is 0 Å². The zero-order chi connectivity index (χ0) is 12.6. The van der Waals surface area contributed by atoms with Crippen LogP contribution in [-0.4, -0.2) is 32.6 Å². The van der Waals surface area contributed by atoms with Crippen molar-refractivity contribution in [2.24, 2.45) is 0 Å². The Kier molecular flexibility index (Phi) is 4.73. The molecule has 94 valence electrons. The van der Waals surface area contributed by atoms with Crippen LogP contribution in [0, 0.1) is 0 Å². The van der Waals surface area contributed by atoms with Gasteiger partial charge < -0.3 is 9.64 Å². The lowest BCUT2D eigenvalue weighted by atomic mass is 10.1. The lowest BCUT2D eigenvalue weighted by molar-refractivity contribution is -0.104. The lowest BCUT2D eigenvalue weighted by Gasteiger charge is -2.30. The molecule has 1 heterocycles. The molecule has 0 atom stereocenters. The molecule has 0 aliphatic carbocycles. The van der Waals surface area contributed by atoms with Gasteiger partial charge in [-0.2, -0.15) is 0 Å². The van der Waals surface area contributed by atoms with E-state index in [-0.39, 0.29) is 0 Å². The minimum atomic E-state index is 0.776. The van der Waals surface area contributed by atoms with Gasteiger partial charge in [-0.15, -0.1) is 0 Å². The van der Waals surface area contributed by atoms with Crippen LogP contribution < -0.4 is 4.90 Å². The molecule has 0 spiro atoms. The summed E-state index contributed by atoms with van der Waals surface area (Å²) in [6.07, 6.45) is 7.90. The maximum Gasteiger partial charge on any atom is 0.142 e. The number of nitrogens with zero attached hydrogens (tertiary/aromatic N) is 1. The number of hydrogen-bond acceptors (Lipinski definition) is 3. The van der Waals surface area contributed by atoms with Gasteiger partial charge in [-0.25, -0.2) is 0 Å². The summed E-state index contributed by atoms with van der Waals surface area (Å²) in [5.74, 6) is 0. The number of carbonyl (C=O) groups is 1. The molecular weight excluding hydrogens is 226 g/mol. The van der Waals surface area contributed by atoms with Crippen molar-refractivity contribution in [1.29, 1.82) is 0 Å². The highest BCUT2D eigenvalue weighted by Gasteiger charge is 2.12. The first kappa shape index (κ1) is 12.6.